The molecule has 0 radical (unpaired) electrons. The fourth-order valence-electron chi connectivity index (χ4n) is 2.56. The highest BCUT2D eigenvalue weighted by Gasteiger charge is 2.31. The van der Waals surface area contributed by atoms with E-state index in [1.54, 1.807) is 6.92 Å². The maximum absolute atomic E-state index is 13.1. The Morgan fingerprint density at radius 3 is 2.35 bits per heavy atom. The average Bonchev–Trinajstić information content (AvgIpc) is 2.71. The van der Waals surface area contributed by atoms with Crippen LogP contribution in [0.3, 0.4) is 0 Å². The summed E-state index contributed by atoms with van der Waals surface area (Å²) in [6, 6.07) is 7.90. The first-order valence-corrected chi connectivity index (χ1v) is 9.13. The summed E-state index contributed by atoms with van der Waals surface area (Å²) in [7, 11) is 0. The van der Waals surface area contributed by atoms with Crippen LogP contribution in [-0.2, 0) is 6.18 Å². The number of nitro benzene ring substituents is 1. The van der Waals surface area contributed by atoms with E-state index in [0.29, 0.717) is 6.54 Å². The van der Waals surface area contributed by atoms with Gasteiger partial charge in [-0.1, -0.05) is 6.07 Å². The maximum Gasteiger partial charge on any atom is 0.416 e. The van der Waals surface area contributed by atoms with Gasteiger partial charge in [0.1, 0.15) is 0 Å². The van der Waals surface area contributed by atoms with E-state index in [9.17, 15) is 32.9 Å². The van der Waals surface area contributed by atoms with Crippen molar-refractivity contribution in [2.75, 3.05) is 29.9 Å². The van der Waals surface area contributed by atoms with Crippen LogP contribution in [0.25, 0.3) is 0 Å². The van der Waals surface area contributed by atoms with E-state index in [2.05, 4.69) is 16.0 Å². The van der Waals surface area contributed by atoms with Gasteiger partial charge in [0, 0.05) is 43.1 Å². The van der Waals surface area contributed by atoms with Crippen molar-refractivity contribution < 1.29 is 27.7 Å². The number of urea groups is 2. The summed E-state index contributed by atoms with van der Waals surface area (Å²) in [5.41, 5.74) is -0.940. The molecule has 0 spiro atoms. The van der Waals surface area contributed by atoms with Gasteiger partial charge in [-0.05, 0) is 37.3 Å². The predicted molar refractivity (Wildman–Crippen MR) is 108 cm³/mol. The van der Waals surface area contributed by atoms with Gasteiger partial charge >= 0.3 is 18.2 Å². The van der Waals surface area contributed by atoms with E-state index in [1.165, 1.54) is 36.4 Å². The van der Waals surface area contributed by atoms with E-state index in [-0.39, 0.29) is 30.2 Å². The molecule has 0 atom stereocenters. The number of anilines is 2. The van der Waals surface area contributed by atoms with Crippen molar-refractivity contribution in [1.29, 1.82) is 0 Å². The lowest BCUT2D eigenvalue weighted by molar-refractivity contribution is -0.384. The van der Waals surface area contributed by atoms with E-state index in [1.807, 2.05) is 0 Å². The first kappa shape index (κ1) is 23.4. The highest BCUT2D eigenvalue weighted by Crippen LogP contribution is 2.31. The van der Waals surface area contributed by atoms with E-state index >= 15 is 0 Å². The van der Waals surface area contributed by atoms with Crippen LogP contribution in [0, 0.1) is 10.1 Å². The highest BCUT2D eigenvalue weighted by atomic mass is 19.4. The number of nitrogens with one attached hydrogen (secondary N) is 3. The molecule has 0 fully saturated rings. The van der Waals surface area contributed by atoms with Gasteiger partial charge < -0.3 is 16.0 Å². The molecule has 0 aliphatic carbocycles. The third kappa shape index (κ3) is 6.87. The third-order valence-electron chi connectivity index (χ3n) is 4.02. The summed E-state index contributed by atoms with van der Waals surface area (Å²) in [5.74, 6) is 0. The molecule has 2 aromatic rings. The SMILES string of the molecule is CCNC(=O)NCCN(C(=O)Nc1ccc([N+](=O)[O-])cc1)c1cccc(C(F)(F)F)c1. The predicted octanol–water partition coefficient (Wildman–Crippen LogP) is 3.97. The third-order valence-corrected chi connectivity index (χ3v) is 4.02. The van der Waals surface area contributed by atoms with Crippen molar-refractivity contribution in [3.8, 4) is 0 Å². The molecule has 166 valence electrons. The Labute approximate surface area is 175 Å². The van der Waals surface area contributed by atoms with Gasteiger partial charge in [0.2, 0.25) is 0 Å². The zero-order chi connectivity index (χ0) is 23.0. The van der Waals surface area contributed by atoms with Crippen molar-refractivity contribution >= 4 is 29.1 Å². The second kappa shape index (κ2) is 10.3. The lowest BCUT2D eigenvalue weighted by atomic mass is 10.2. The Morgan fingerprint density at radius 1 is 1.10 bits per heavy atom. The number of hydrogen-bond donors (Lipinski definition) is 3. The molecule has 9 nitrogen and oxygen atoms in total. The summed E-state index contributed by atoms with van der Waals surface area (Å²) in [6.45, 7) is 1.93. The number of alkyl halides is 3. The Bertz CT molecular complexity index is 935. The quantitative estimate of drug-likeness (QED) is 0.447. The number of carbonyl (C=O) groups excluding carboxylic acids is 2. The van der Waals surface area contributed by atoms with Gasteiger partial charge in [-0.3, -0.25) is 15.0 Å². The fourth-order valence-corrected chi connectivity index (χ4v) is 2.56. The zero-order valence-electron chi connectivity index (χ0n) is 16.4. The molecule has 0 saturated carbocycles. The number of benzene rings is 2. The van der Waals surface area contributed by atoms with Crippen LogP contribution >= 0.6 is 0 Å². The molecule has 0 bridgehead atoms. The summed E-state index contributed by atoms with van der Waals surface area (Å²) in [6.07, 6.45) is -4.60. The summed E-state index contributed by atoms with van der Waals surface area (Å²) in [5, 5.41) is 18.2. The number of hydrogen-bond acceptors (Lipinski definition) is 4. The number of nitro groups is 1. The monoisotopic (exact) mass is 439 g/mol. The minimum Gasteiger partial charge on any atom is -0.338 e. The number of amides is 4. The second-order valence-corrected chi connectivity index (χ2v) is 6.22. The van der Waals surface area contributed by atoms with Crippen molar-refractivity contribution in [3.05, 3.63) is 64.2 Å². The Hall–Kier alpha value is -3.83. The van der Waals surface area contributed by atoms with Gasteiger partial charge in [-0.2, -0.15) is 13.2 Å². The summed E-state index contributed by atoms with van der Waals surface area (Å²) in [4.78, 5) is 35.5. The van der Waals surface area contributed by atoms with Crippen LogP contribution < -0.4 is 20.9 Å². The second-order valence-electron chi connectivity index (χ2n) is 6.22. The number of halogens is 3. The summed E-state index contributed by atoms with van der Waals surface area (Å²) < 4.78 is 39.3. The molecular formula is C19H20F3N5O4. The van der Waals surface area contributed by atoms with Gasteiger partial charge in [0.05, 0.1) is 10.5 Å². The van der Waals surface area contributed by atoms with Crippen molar-refractivity contribution in [1.82, 2.24) is 10.6 Å². The lowest BCUT2D eigenvalue weighted by Crippen LogP contribution is -2.43. The topological polar surface area (TPSA) is 117 Å². The van der Waals surface area contributed by atoms with Gasteiger partial charge in [0.15, 0.2) is 0 Å². The number of carbonyl (C=O) groups is 2. The number of rotatable bonds is 7. The molecule has 0 aliphatic rings. The minimum atomic E-state index is -4.60. The Balaban J connectivity index is 2.22. The van der Waals surface area contributed by atoms with Crippen molar-refractivity contribution in [2.24, 2.45) is 0 Å². The molecule has 2 aromatic carbocycles. The highest BCUT2D eigenvalue weighted by molar-refractivity contribution is 6.01. The lowest BCUT2D eigenvalue weighted by Gasteiger charge is -2.24. The molecule has 0 unspecified atom stereocenters. The van der Waals surface area contributed by atoms with Crippen LogP contribution in [0.1, 0.15) is 12.5 Å². The van der Waals surface area contributed by atoms with Crippen LogP contribution in [0.15, 0.2) is 48.5 Å². The van der Waals surface area contributed by atoms with E-state index < -0.39 is 28.7 Å². The number of non-ortho nitro benzene ring substituents is 1. The molecule has 2 rings (SSSR count). The average molecular weight is 439 g/mol. The van der Waals surface area contributed by atoms with Crippen molar-refractivity contribution in [3.63, 3.8) is 0 Å². The molecule has 0 heterocycles. The molecule has 0 aromatic heterocycles. The van der Waals surface area contributed by atoms with Crippen LogP contribution in [0.2, 0.25) is 0 Å². The zero-order valence-corrected chi connectivity index (χ0v) is 16.4. The molecule has 4 amide bonds. The van der Waals surface area contributed by atoms with Crippen LogP contribution in [-0.4, -0.2) is 36.6 Å². The van der Waals surface area contributed by atoms with Crippen LogP contribution in [0.5, 0.6) is 0 Å². The van der Waals surface area contributed by atoms with E-state index in [0.717, 1.165) is 17.0 Å². The fraction of sp³-hybridized carbons (Fsp3) is 0.263. The molecule has 31 heavy (non-hydrogen) atoms. The van der Waals surface area contributed by atoms with E-state index in [4.69, 9.17) is 0 Å². The Morgan fingerprint density at radius 2 is 1.77 bits per heavy atom. The molecular weight excluding hydrogens is 419 g/mol. The molecule has 12 heteroatoms. The first-order chi connectivity index (χ1) is 14.6. The van der Waals surface area contributed by atoms with Crippen molar-refractivity contribution in [2.45, 2.75) is 13.1 Å². The van der Waals surface area contributed by atoms with Gasteiger partial charge in [-0.25, -0.2) is 9.59 Å². The summed E-state index contributed by atoms with van der Waals surface area (Å²) >= 11 is 0. The molecule has 3 N–H and O–H groups in total. The molecule has 0 saturated heterocycles. The van der Waals surface area contributed by atoms with Crippen LogP contribution in [0.4, 0.5) is 39.8 Å². The normalized spacial score (nSPS) is 10.8. The standard InChI is InChI=1S/C19H20F3N5O4/c1-2-23-17(28)24-10-11-26(16-5-3-4-13(12-16)19(20,21)22)18(29)25-14-6-8-15(9-7-14)27(30)31/h3-9,12H,2,10-11H2,1H3,(H,25,29)(H2,23,24,28). The minimum absolute atomic E-state index is 0.0320. The van der Waals surface area contributed by atoms with Gasteiger partial charge in [-0.15, -0.1) is 0 Å². The first-order valence-electron chi connectivity index (χ1n) is 9.13. The Kier molecular flexibility index (Phi) is 7.77. The largest absolute Gasteiger partial charge is 0.416 e. The maximum atomic E-state index is 13.1. The molecule has 0 aliphatic heterocycles. The van der Waals surface area contributed by atoms with Gasteiger partial charge in [0.25, 0.3) is 5.69 Å². The number of nitrogens with zero attached hydrogens (tertiary/aromatic N) is 2. The smallest absolute Gasteiger partial charge is 0.338 e.